The van der Waals surface area contributed by atoms with Gasteiger partial charge in [0.2, 0.25) is 0 Å². The lowest BCUT2D eigenvalue weighted by atomic mass is 10.1. The van der Waals surface area contributed by atoms with E-state index in [1.165, 1.54) is 0 Å². The summed E-state index contributed by atoms with van der Waals surface area (Å²) in [4.78, 5) is 20.2. The lowest BCUT2D eigenvalue weighted by Gasteiger charge is -2.22. The molecule has 0 N–H and O–H groups in total. The average Bonchev–Trinajstić information content (AvgIpc) is 3.09. The van der Waals surface area contributed by atoms with E-state index < -0.39 is 0 Å². The van der Waals surface area contributed by atoms with E-state index in [1.54, 1.807) is 30.5 Å². The van der Waals surface area contributed by atoms with Crippen molar-refractivity contribution in [3.05, 3.63) is 40.9 Å². The van der Waals surface area contributed by atoms with Crippen molar-refractivity contribution < 1.29 is 14.3 Å². The number of carbonyl (C=O) groups is 1. The molecule has 6 heteroatoms. The molecule has 0 saturated heterocycles. The van der Waals surface area contributed by atoms with Gasteiger partial charge in [-0.1, -0.05) is 6.07 Å². The fraction of sp³-hybridized carbons (Fsp3) is 0.412. The number of aromatic nitrogens is 1. The minimum Gasteiger partial charge on any atom is -0.383 e. The normalized spacial score (nSPS) is 10.7. The largest absolute Gasteiger partial charge is 0.383 e. The van der Waals surface area contributed by atoms with Crippen molar-refractivity contribution in [1.82, 2.24) is 9.88 Å². The van der Waals surface area contributed by atoms with Gasteiger partial charge in [0.05, 0.1) is 35.0 Å². The lowest BCUT2D eigenvalue weighted by Crippen LogP contribution is -2.37. The van der Waals surface area contributed by atoms with Crippen molar-refractivity contribution in [2.75, 3.05) is 40.5 Å². The highest BCUT2D eigenvalue weighted by Crippen LogP contribution is 2.24. The van der Waals surface area contributed by atoms with Crippen molar-refractivity contribution in [1.29, 1.82) is 0 Å². The Morgan fingerprint density at radius 3 is 2.39 bits per heavy atom. The molecule has 0 bridgehead atoms. The van der Waals surface area contributed by atoms with Crippen molar-refractivity contribution in [2.24, 2.45) is 0 Å². The molecule has 0 unspecified atom stereocenters. The molecule has 124 valence electrons. The number of nitrogens with zero attached hydrogens (tertiary/aromatic N) is 2. The number of hydrogen-bond donors (Lipinski definition) is 0. The summed E-state index contributed by atoms with van der Waals surface area (Å²) in [5, 5.41) is 2.02. The van der Waals surface area contributed by atoms with E-state index in [4.69, 9.17) is 9.47 Å². The van der Waals surface area contributed by atoms with Crippen molar-refractivity contribution in [3.63, 3.8) is 0 Å². The first-order valence-electron chi connectivity index (χ1n) is 7.46. The van der Waals surface area contributed by atoms with Crippen LogP contribution in [0.2, 0.25) is 0 Å². The standard InChI is InChI=1S/C17H22N2O3S/c1-13-14(6-7-15(18-13)16-5-4-12-23-16)17(20)19(8-10-21-2)9-11-22-3/h4-7,12H,8-11H2,1-3H3. The summed E-state index contributed by atoms with van der Waals surface area (Å²) in [6.45, 7) is 3.93. The van der Waals surface area contributed by atoms with Crippen LogP contribution < -0.4 is 0 Å². The molecule has 0 spiro atoms. The number of methoxy groups -OCH3 is 2. The summed E-state index contributed by atoms with van der Waals surface area (Å²) in [5.41, 5.74) is 2.26. The maximum atomic E-state index is 12.8. The highest BCUT2D eigenvalue weighted by Gasteiger charge is 2.18. The molecule has 1 amide bonds. The summed E-state index contributed by atoms with van der Waals surface area (Å²) in [6.07, 6.45) is 0. The van der Waals surface area contributed by atoms with Gasteiger partial charge in [0.15, 0.2) is 0 Å². The second-order valence-corrected chi connectivity index (χ2v) is 6.03. The van der Waals surface area contributed by atoms with Crippen LogP contribution in [0.25, 0.3) is 10.6 Å². The number of pyridine rings is 1. The number of aryl methyl sites for hydroxylation is 1. The van der Waals surface area contributed by atoms with Crippen molar-refractivity contribution in [2.45, 2.75) is 6.92 Å². The molecular weight excluding hydrogens is 312 g/mol. The lowest BCUT2D eigenvalue weighted by molar-refractivity contribution is 0.0626. The zero-order valence-corrected chi connectivity index (χ0v) is 14.6. The van der Waals surface area contributed by atoms with Crippen LogP contribution in [-0.4, -0.2) is 56.3 Å². The van der Waals surface area contributed by atoms with Gasteiger partial charge < -0.3 is 14.4 Å². The Bertz CT molecular complexity index is 621. The minimum atomic E-state index is -0.0400. The molecule has 0 saturated carbocycles. The van der Waals surface area contributed by atoms with E-state index in [0.29, 0.717) is 31.9 Å². The number of hydrogen-bond acceptors (Lipinski definition) is 5. The van der Waals surface area contributed by atoms with Gasteiger partial charge in [-0.3, -0.25) is 9.78 Å². The van der Waals surface area contributed by atoms with Crippen LogP contribution in [0.1, 0.15) is 16.1 Å². The van der Waals surface area contributed by atoms with E-state index in [2.05, 4.69) is 4.98 Å². The van der Waals surface area contributed by atoms with Gasteiger partial charge in [0.1, 0.15) is 0 Å². The molecule has 0 aliphatic heterocycles. The van der Waals surface area contributed by atoms with Crippen LogP contribution in [0.15, 0.2) is 29.6 Å². The second-order valence-electron chi connectivity index (χ2n) is 5.08. The first kappa shape index (κ1) is 17.6. The van der Waals surface area contributed by atoms with Gasteiger partial charge in [-0.05, 0) is 30.5 Å². The van der Waals surface area contributed by atoms with E-state index >= 15 is 0 Å². The summed E-state index contributed by atoms with van der Waals surface area (Å²) in [7, 11) is 3.25. The molecule has 0 radical (unpaired) electrons. The molecule has 0 fully saturated rings. The maximum absolute atomic E-state index is 12.8. The van der Waals surface area contributed by atoms with Gasteiger partial charge in [-0.15, -0.1) is 11.3 Å². The fourth-order valence-corrected chi connectivity index (χ4v) is 2.93. The SMILES string of the molecule is COCCN(CCOC)C(=O)c1ccc(-c2cccs2)nc1C. The molecule has 23 heavy (non-hydrogen) atoms. The van der Waals surface area contributed by atoms with Gasteiger partial charge in [0, 0.05) is 27.3 Å². The van der Waals surface area contributed by atoms with Crippen LogP contribution in [0.5, 0.6) is 0 Å². The number of carbonyl (C=O) groups excluding carboxylic acids is 1. The molecule has 0 aliphatic carbocycles. The molecule has 0 aromatic carbocycles. The third kappa shape index (κ3) is 4.60. The van der Waals surface area contributed by atoms with E-state index in [9.17, 15) is 4.79 Å². The number of ether oxygens (including phenoxy) is 2. The van der Waals surface area contributed by atoms with Crippen LogP contribution >= 0.6 is 11.3 Å². The summed E-state index contributed by atoms with van der Waals surface area (Å²) >= 11 is 1.64. The smallest absolute Gasteiger partial charge is 0.255 e. The Balaban J connectivity index is 2.19. The third-order valence-electron chi connectivity index (χ3n) is 3.51. The highest BCUT2D eigenvalue weighted by atomic mass is 32.1. The second kappa shape index (κ2) is 8.76. The van der Waals surface area contributed by atoms with Crippen LogP contribution in [0, 0.1) is 6.92 Å². The Kier molecular flexibility index (Phi) is 6.70. The monoisotopic (exact) mass is 334 g/mol. The van der Waals surface area contributed by atoms with Crippen molar-refractivity contribution in [3.8, 4) is 10.6 Å². The Hall–Kier alpha value is -1.76. The maximum Gasteiger partial charge on any atom is 0.255 e. The van der Waals surface area contributed by atoms with E-state index in [-0.39, 0.29) is 5.91 Å². The molecule has 2 rings (SSSR count). The Labute approximate surface area is 140 Å². The van der Waals surface area contributed by atoms with Gasteiger partial charge in [0.25, 0.3) is 5.91 Å². The predicted molar refractivity (Wildman–Crippen MR) is 91.9 cm³/mol. The Morgan fingerprint density at radius 2 is 1.87 bits per heavy atom. The average molecular weight is 334 g/mol. The van der Waals surface area contributed by atoms with E-state index in [0.717, 1.165) is 16.3 Å². The summed E-state index contributed by atoms with van der Waals surface area (Å²) < 4.78 is 10.2. The zero-order chi connectivity index (χ0) is 16.7. The Morgan fingerprint density at radius 1 is 1.17 bits per heavy atom. The van der Waals surface area contributed by atoms with Crippen molar-refractivity contribution >= 4 is 17.2 Å². The molecule has 0 aliphatic rings. The summed E-state index contributed by atoms with van der Waals surface area (Å²) in [5.74, 6) is -0.0400. The van der Waals surface area contributed by atoms with Crippen LogP contribution in [0.3, 0.4) is 0 Å². The third-order valence-corrected chi connectivity index (χ3v) is 4.40. The molecule has 2 aromatic heterocycles. The first-order chi connectivity index (χ1) is 11.2. The number of amides is 1. The highest BCUT2D eigenvalue weighted by molar-refractivity contribution is 7.13. The van der Waals surface area contributed by atoms with Crippen LogP contribution in [-0.2, 0) is 9.47 Å². The van der Waals surface area contributed by atoms with Gasteiger partial charge in [-0.25, -0.2) is 0 Å². The number of rotatable bonds is 8. The van der Waals surface area contributed by atoms with Gasteiger partial charge >= 0.3 is 0 Å². The minimum absolute atomic E-state index is 0.0400. The van der Waals surface area contributed by atoms with Crippen LogP contribution in [0.4, 0.5) is 0 Å². The summed E-state index contributed by atoms with van der Waals surface area (Å²) in [6, 6.07) is 7.77. The number of thiophene rings is 1. The predicted octanol–water partition coefficient (Wildman–Crippen LogP) is 2.85. The fourth-order valence-electron chi connectivity index (χ4n) is 2.24. The molecular formula is C17H22N2O3S. The molecule has 0 atom stereocenters. The quantitative estimate of drug-likeness (QED) is 0.745. The molecule has 5 nitrogen and oxygen atoms in total. The molecule has 2 heterocycles. The zero-order valence-electron chi connectivity index (χ0n) is 13.7. The first-order valence-corrected chi connectivity index (χ1v) is 8.34. The molecule has 2 aromatic rings. The topological polar surface area (TPSA) is 51.7 Å². The van der Waals surface area contributed by atoms with Gasteiger partial charge in [-0.2, -0.15) is 0 Å². The van der Waals surface area contributed by atoms with E-state index in [1.807, 2.05) is 36.6 Å².